The second-order valence-corrected chi connectivity index (χ2v) is 6.63. The zero-order chi connectivity index (χ0) is 16.0. The summed E-state index contributed by atoms with van der Waals surface area (Å²) in [6.45, 7) is 4.08. The monoisotopic (exact) mass is 340 g/mol. The maximum Gasteiger partial charge on any atom is 0.127 e. The van der Waals surface area contributed by atoms with Crippen molar-refractivity contribution in [1.29, 1.82) is 0 Å². The molecule has 4 heteroatoms. The Bertz CT molecular complexity index is 947. The van der Waals surface area contributed by atoms with Crippen molar-refractivity contribution in [2.45, 2.75) is 25.8 Å². The number of benzene rings is 2. The van der Waals surface area contributed by atoms with Crippen LogP contribution in [0, 0.1) is 5.82 Å². The summed E-state index contributed by atoms with van der Waals surface area (Å²) in [6, 6.07) is 15.3. The summed E-state index contributed by atoms with van der Waals surface area (Å²) < 4.78 is 14.3. The van der Waals surface area contributed by atoms with Gasteiger partial charge in [0.25, 0.3) is 0 Å². The number of pyridine rings is 1. The third-order valence-corrected chi connectivity index (χ3v) is 4.26. The van der Waals surface area contributed by atoms with Crippen LogP contribution < -0.4 is 0 Å². The van der Waals surface area contributed by atoms with Gasteiger partial charge in [0, 0.05) is 29.1 Å². The van der Waals surface area contributed by atoms with Crippen molar-refractivity contribution in [3.05, 3.63) is 77.2 Å². The van der Waals surface area contributed by atoms with E-state index in [1.807, 2.05) is 50.4 Å². The van der Waals surface area contributed by atoms with Gasteiger partial charge in [0.1, 0.15) is 5.82 Å². The number of hydrogen-bond acceptors (Lipinski definition) is 2. The number of aliphatic imine (C=N–C) groups is 1. The molecule has 122 valence electrons. The highest BCUT2D eigenvalue weighted by atomic mass is 35.5. The summed E-state index contributed by atoms with van der Waals surface area (Å²) in [5.41, 5.74) is 4.01. The molecule has 1 aromatic heterocycles. The van der Waals surface area contributed by atoms with Gasteiger partial charge in [-0.3, -0.25) is 9.98 Å². The van der Waals surface area contributed by atoms with Gasteiger partial charge in [-0.05, 0) is 37.6 Å². The maximum atomic E-state index is 14.3. The van der Waals surface area contributed by atoms with Crippen LogP contribution in [0.3, 0.4) is 0 Å². The van der Waals surface area contributed by atoms with Crippen LogP contribution >= 0.6 is 12.4 Å². The molecule has 0 amide bonds. The van der Waals surface area contributed by atoms with E-state index in [0.29, 0.717) is 6.42 Å². The molecule has 0 aliphatic carbocycles. The highest BCUT2D eigenvalue weighted by molar-refractivity contribution is 6.15. The first-order valence-corrected chi connectivity index (χ1v) is 7.76. The van der Waals surface area contributed by atoms with Crippen LogP contribution in [-0.2, 0) is 6.42 Å². The second kappa shape index (κ2) is 5.99. The van der Waals surface area contributed by atoms with E-state index in [-0.39, 0.29) is 23.8 Å². The highest BCUT2D eigenvalue weighted by Gasteiger charge is 2.29. The van der Waals surface area contributed by atoms with Gasteiger partial charge in [0.15, 0.2) is 0 Å². The Morgan fingerprint density at radius 1 is 1.04 bits per heavy atom. The minimum Gasteiger partial charge on any atom is -0.278 e. The molecule has 4 rings (SSSR count). The van der Waals surface area contributed by atoms with Crippen LogP contribution in [0.5, 0.6) is 0 Å². The minimum absolute atomic E-state index is 0. The van der Waals surface area contributed by atoms with Crippen LogP contribution in [0.4, 0.5) is 4.39 Å². The molecule has 0 unspecified atom stereocenters. The molecule has 24 heavy (non-hydrogen) atoms. The minimum atomic E-state index is -0.323. The molecule has 0 atom stereocenters. The summed E-state index contributed by atoms with van der Waals surface area (Å²) in [4.78, 5) is 9.41. The van der Waals surface area contributed by atoms with Gasteiger partial charge >= 0.3 is 0 Å². The molecule has 1 aliphatic heterocycles. The van der Waals surface area contributed by atoms with Gasteiger partial charge in [-0.25, -0.2) is 4.39 Å². The molecular weight excluding hydrogens is 323 g/mol. The first-order chi connectivity index (χ1) is 11.0. The zero-order valence-corrected chi connectivity index (χ0v) is 14.4. The van der Waals surface area contributed by atoms with Crippen LogP contribution in [0.2, 0.25) is 0 Å². The van der Waals surface area contributed by atoms with Crippen molar-refractivity contribution in [3.63, 3.8) is 0 Å². The van der Waals surface area contributed by atoms with Gasteiger partial charge in [-0.2, -0.15) is 0 Å². The molecule has 0 spiro atoms. The Balaban J connectivity index is 0.00000169. The summed E-state index contributed by atoms with van der Waals surface area (Å²) >= 11 is 0. The van der Waals surface area contributed by atoms with Gasteiger partial charge < -0.3 is 0 Å². The smallest absolute Gasteiger partial charge is 0.127 e. The van der Waals surface area contributed by atoms with Crippen LogP contribution in [0.15, 0.2) is 59.7 Å². The fraction of sp³-hybridized carbons (Fsp3) is 0.200. The van der Waals surface area contributed by atoms with Crippen molar-refractivity contribution in [1.82, 2.24) is 4.98 Å². The lowest BCUT2D eigenvalue weighted by molar-refractivity contribution is 0.492. The predicted octanol–water partition coefficient (Wildman–Crippen LogP) is 4.97. The largest absolute Gasteiger partial charge is 0.278 e. The maximum absolute atomic E-state index is 14.3. The fourth-order valence-electron chi connectivity index (χ4n) is 3.22. The SMILES string of the molecule is CC1(C)Cc2c(F)cccc2C(c2cnc3ccccc3c2)=N1.Cl. The van der Waals surface area contributed by atoms with Crippen molar-refractivity contribution >= 4 is 29.0 Å². The summed E-state index contributed by atoms with van der Waals surface area (Å²) in [6.07, 6.45) is 2.44. The predicted molar refractivity (Wildman–Crippen MR) is 98.8 cm³/mol. The van der Waals surface area contributed by atoms with Crippen LogP contribution in [0.25, 0.3) is 10.9 Å². The van der Waals surface area contributed by atoms with E-state index in [4.69, 9.17) is 4.99 Å². The lowest BCUT2D eigenvalue weighted by Gasteiger charge is -2.29. The van der Waals surface area contributed by atoms with E-state index in [1.54, 1.807) is 6.07 Å². The molecule has 3 aromatic rings. The lowest BCUT2D eigenvalue weighted by atomic mass is 9.85. The number of aromatic nitrogens is 1. The van der Waals surface area contributed by atoms with Gasteiger partial charge in [-0.15, -0.1) is 12.4 Å². The van der Waals surface area contributed by atoms with Gasteiger partial charge in [0.05, 0.1) is 16.8 Å². The van der Waals surface area contributed by atoms with Crippen molar-refractivity contribution in [2.24, 2.45) is 4.99 Å². The van der Waals surface area contributed by atoms with E-state index in [0.717, 1.165) is 33.3 Å². The van der Waals surface area contributed by atoms with Gasteiger partial charge in [-0.1, -0.05) is 30.3 Å². The molecule has 0 saturated carbocycles. The Labute approximate surface area is 146 Å². The van der Waals surface area contributed by atoms with Crippen LogP contribution in [0.1, 0.15) is 30.5 Å². The average Bonchev–Trinajstić information content (AvgIpc) is 2.54. The third-order valence-electron chi connectivity index (χ3n) is 4.26. The number of halogens is 2. The number of rotatable bonds is 1. The number of fused-ring (bicyclic) bond motifs is 2. The van der Waals surface area contributed by atoms with E-state index in [9.17, 15) is 4.39 Å². The fourth-order valence-corrected chi connectivity index (χ4v) is 3.22. The Morgan fingerprint density at radius 2 is 1.83 bits per heavy atom. The molecule has 0 saturated heterocycles. The van der Waals surface area contributed by atoms with E-state index in [1.165, 1.54) is 6.07 Å². The summed E-state index contributed by atoms with van der Waals surface area (Å²) in [5, 5.41) is 1.06. The summed E-state index contributed by atoms with van der Waals surface area (Å²) in [5.74, 6) is -0.156. The van der Waals surface area contributed by atoms with E-state index >= 15 is 0 Å². The van der Waals surface area contributed by atoms with E-state index in [2.05, 4.69) is 11.1 Å². The first kappa shape index (κ1) is 16.6. The second-order valence-electron chi connectivity index (χ2n) is 6.63. The zero-order valence-electron chi connectivity index (χ0n) is 13.6. The Morgan fingerprint density at radius 3 is 2.67 bits per heavy atom. The van der Waals surface area contributed by atoms with Crippen molar-refractivity contribution < 1.29 is 4.39 Å². The molecule has 1 aliphatic rings. The molecule has 2 heterocycles. The molecule has 0 N–H and O–H groups in total. The number of para-hydroxylation sites is 1. The first-order valence-electron chi connectivity index (χ1n) is 7.76. The Kier molecular flexibility index (Phi) is 4.14. The molecule has 0 fully saturated rings. The normalized spacial score (nSPS) is 15.4. The highest BCUT2D eigenvalue weighted by Crippen LogP contribution is 2.31. The average molecular weight is 341 g/mol. The van der Waals surface area contributed by atoms with Crippen molar-refractivity contribution in [2.75, 3.05) is 0 Å². The molecular formula is C20H18ClFN2. The summed E-state index contributed by atoms with van der Waals surface area (Å²) in [7, 11) is 0. The molecule has 2 nitrogen and oxygen atoms in total. The van der Waals surface area contributed by atoms with E-state index < -0.39 is 0 Å². The Hall–Kier alpha value is -2.26. The number of nitrogens with zero attached hydrogens (tertiary/aromatic N) is 2. The quantitative estimate of drug-likeness (QED) is 0.614. The third kappa shape index (κ3) is 2.80. The molecule has 2 aromatic carbocycles. The standard InChI is InChI=1S/C20H17FN2.ClH/c1-20(2)11-16-15(7-5-8-17(16)21)19(23-20)14-10-13-6-3-4-9-18(13)22-12-14;/h3-10,12H,11H2,1-2H3;1H. The van der Waals surface area contributed by atoms with Crippen LogP contribution in [-0.4, -0.2) is 16.2 Å². The molecule has 0 bridgehead atoms. The topological polar surface area (TPSA) is 25.2 Å². The number of hydrogen-bond donors (Lipinski definition) is 0. The van der Waals surface area contributed by atoms with Crippen molar-refractivity contribution in [3.8, 4) is 0 Å². The van der Waals surface area contributed by atoms with Gasteiger partial charge in [0.2, 0.25) is 0 Å². The molecule has 0 radical (unpaired) electrons. The lowest BCUT2D eigenvalue weighted by Crippen LogP contribution is -2.30.